The van der Waals surface area contributed by atoms with E-state index in [4.69, 9.17) is 4.74 Å². The summed E-state index contributed by atoms with van der Waals surface area (Å²) in [6.07, 6.45) is 5.19. The maximum absolute atomic E-state index is 5.66. The average Bonchev–Trinajstić information content (AvgIpc) is 3.06. The summed E-state index contributed by atoms with van der Waals surface area (Å²) in [6, 6.07) is 1.48. The molecule has 3 heteroatoms. The summed E-state index contributed by atoms with van der Waals surface area (Å²) in [6.45, 7) is 8.77. The van der Waals surface area contributed by atoms with Gasteiger partial charge in [0.25, 0.3) is 0 Å². The van der Waals surface area contributed by atoms with E-state index in [1.54, 1.807) is 0 Å². The number of nitrogens with one attached hydrogen (secondary N) is 1. The summed E-state index contributed by atoms with van der Waals surface area (Å²) in [7, 11) is 2.26. The van der Waals surface area contributed by atoms with Gasteiger partial charge in [0, 0.05) is 37.2 Å². The maximum atomic E-state index is 5.66. The molecule has 2 fully saturated rings. The Bertz CT molecular complexity index is 234. The topological polar surface area (TPSA) is 24.5 Å². The summed E-state index contributed by atoms with van der Waals surface area (Å²) in [5.41, 5.74) is 0.362. The van der Waals surface area contributed by atoms with Crippen molar-refractivity contribution in [2.75, 3.05) is 33.4 Å². The average molecular weight is 240 g/mol. The van der Waals surface area contributed by atoms with E-state index in [1.165, 1.54) is 32.2 Å². The molecule has 0 spiro atoms. The fourth-order valence-corrected chi connectivity index (χ4v) is 2.61. The molecule has 0 aromatic rings. The van der Waals surface area contributed by atoms with Crippen molar-refractivity contribution in [2.45, 2.75) is 51.6 Å². The molecule has 3 nitrogen and oxygen atoms in total. The molecule has 1 N–H and O–H groups in total. The molecule has 0 aromatic heterocycles. The normalized spacial score (nSPS) is 31.1. The minimum atomic E-state index is 0.362. The third-order valence-corrected chi connectivity index (χ3v) is 4.46. The van der Waals surface area contributed by atoms with E-state index in [9.17, 15) is 0 Å². The molecule has 2 unspecified atom stereocenters. The van der Waals surface area contributed by atoms with Gasteiger partial charge in [-0.1, -0.05) is 6.92 Å². The molecule has 2 rings (SSSR count). The van der Waals surface area contributed by atoms with Crippen molar-refractivity contribution >= 4 is 0 Å². The Hall–Kier alpha value is -0.120. The lowest BCUT2D eigenvalue weighted by atomic mass is 9.86. The summed E-state index contributed by atoms with van der Waals surface area (Å²) in [5.74, 6) is 0. The lowest BCUT2D eigenvalue weighted by Crippen LogP contribution is -2.46. The van der Waals surface area contributed by atoms with Gasteiger partial charge in [-0.05, 0) is 39.7 Å². The first kappa shape index (κ1) is 13.3. The van der Waals surface area contributed by atoms with Crippen molar-refractivity contribution in [3.05, 3.63) is 0 Å². The molecule has 0 amide bonds. The Morgan fingerprint density at radius 3 is 2.76 bits per heavy atom. The van der Waals surface area contributed by atoms with Crippen LogP contribution in [0.3, 0.4) is 0 Å². The summed E-state index contributed by atoms with van der Waals surface area (Å²) < 4.78 is 5.66. The molecule has 2 atom stereocenters. The van der Waals surface area contributed by atoms with Gasteiger partial charge in [-0.3, -0.25) is 0 Å². The van der Waals surface area contributed by atoms with Gasteiger partial charge in [-0.15, -0.1) is 0 Å². The predicted octanol–water partition coefficient (Wildman–Crippen LogP) is 1.88. The molecular formula is C14H28N2O. The monoisotopic (exact) mass is 240 g/mol. The van der Waals surface area contributed by atoms with Crippen LogP contribution in [0.1, 0.15) is 39.5 Å². The van der Waals surface area contributed by atoms with E-state index >= 15 is 0 Å². The van der Waals surface area contributed by atoms with Gasteiger partial charge >= 0.3 is 0 Å². The van der Waals surface area contributed by atoms with E-state index in [0.717, 1.165) is 25.8 Å². The van der Waals surface area contributed by atoms with E-state index in [-0.39, 0.29) is 0 Å². The number of hydrogen-bond donors (Lipinski definition) is 1. The van der Waals surface area contributed by atoms with Crippen molar-refractivity contribution in [1.82, 2.24) is 10.2 Å². The Morgan fingerprint density at radius 2 is 2.24 bits per heavy atom. The van der Waals surface area contributed by atoms with Gasteiger partial charge in [-0.2, -0.15) is 0 Å². The van der Waals surface area contributed by atoms with Crippen LogP contribution < -0.4 is 5.32 Å². The lowest BCUT2D eigenvalue weighted by molar-refractivity contribution is 0.103. The molecule has 1 saturated heterocycles. The van der Waals surface area contributed by atoms with Crippen molar-refractivity contribution in [3.8, 4) is 0 Å². The van der Waals surface area contributed by atoms with Crippen molar-refractivity contribution < 1.29 is 4.74 Å². The number of ether oxygens (including phenoxy) is 1. The van der Waals surface area contributed by atoms with Crippen LogP contribution >= 0.6 is 0 Å². The highest BCUT2D eigenvalue weighted by Crippen LogP contribution is 2.31. The Labute approximate surface area is 106 Å². The SMILES string of the molecule is CCC(C)N(C)CC1(CNC2CC2)CCOC1. The number of rotatable bonds is 7. The molecule has 0 aromatic carbocycles. The highest BCUT2D eigenvalue weighted by atomic mass is 16.5. The number of hydrogen-bond acceptors (Lipinski definition) is 3. The van der Waals surface area contributed by atoms with Gasteiger partial charge in [0.1, 0.15) is 0 Å². The molecule has 1 aliphatic heterocycles. The zero-order valence-electron chi connectivity index (χ0n) is 11.7. The molecule has 1 aliphatic carbocycles. The van der Waals surface area contributed by atoms with Gasteiger partial charge in [-0.25, -0.2) is 0 Å². The second-order valence-electron chi connectivity index (χ2n) is 6.13. The van der Waals surface area contributed by atoms with Gasteiger partial charge in [0.15, 0.2) is 0 Å². The quantitative estimate of drug-likeness (QED) is 0.735. The van der Waals surface area contributed by atoms with Gasteiger partial charge in [0.05, 0.1) is 6.61 Å². The Kier molecular flexibility index (Phi) is 4.45. The van der Waals surface area contributed by atoms with Crippen molar-refractivity contribution in [1.29, 1.82) is 0 Å². The third kappa shape index (κ3) is 3.67. The smallest absolute Gasteiger partial charge is 0.0547 e. The highest BCUT2D eigenvalue weighted by Gasteiger charge is 2.37. The van der Waals surface area contributed by atoms with Crippen LogP contribution in [-0.4, -0.2) is 50.3 Å². The summed E-state index contributed by atoms with van der Waals surface area (Å²) >= 11 is 0. The minimum absolute atomic E-state index is 0.362. The third-order valence-electron chi connectivity index (χ3n) is 4.46. The lowest BCUT2D eigenvalue weighted by Gasteiger charge is -2.35. The molecule has 2 aliphatic rings. The summed E-state index contributed by atoms with van der Waals surface area (Å²) in [5, 5.41) is 3.69. The molecule has 1 saturated carbocycles. The first-order valence-corrected chi connectivity index (χ1v) is 7.16. The zero-order valence-corrected chi connectivity index (χ0v) is 11.7. The first-order valence-electron chi connectivity index (χ1n) is 7.16. The first-order chi connectivity index (χ1) is 8.15. The largest absolute Gasteiger partial charge is 0.381 e. The Balaban J connectivity index is 1.85. The molecule has 17 heavy (non-hydrogen) atoms. The molecule has 100 valence electrons. The fourth-order valence-electron chi connectivity index (χ4n) is 2.61. The highest BCUT2D eigenvalue weighted by molar-refractivity contribution is 4.92. The molecule has 0 radical (unpaired) electrons. The minimum Gasteiger partial charge on any atom is -0.381 e. The van der Waals surface area contributed by atoms with E-state index in [2.05, 4.69) is 31.1 Å². The maximum Gasteiger partial charge on any atom is 0.0547 e. The Morgan fingerprint density at radius 1 is 1.47 bits per heavy atom. The van der Waals surface area contributed by atoms with E-state index in [1.807, 2.05) is 0 Å². The van der Waals surface area contributed by atoms with Crippen LogP contribution in [0.5, 0.6) is 0 Å². The number of nitrogens with zero attached hydrogens (tertiary/aromatic N) is 1. The second kappa shape index (κ2) is 5.68. The van der Waals surface area contributed by atoms with Crippen LogP contribution in [0.25, 0.3) is 0 Å². The zero-order chi connectivity index (χ0) is 12.3. The standard InChI is InChI=1S/C14H28N2O/c1-4-12(2)16(3)10-14(7-8-17-11-14)9-15-13-5-6-13/h12-13,15H,4-11H2,1-3H3. The molecule has 0 bridgehead atoms. The van der Waals surface area contributed by atoms with E-state index in [0.29, 0.717) is 11.5 Å². The fraction of sp³-hybridized carbons (Fsp3) is 1.00. The van der Waals surface area contributed by atoms with Crippen LogP contribution in [0, 0.1) is 5.41 Å². The van der Waals surface area contributed by atoms with Crippen LogP contribution in [0.2, 0.25) is 0 Å². The van der Waals surface area contributed by atoms with Crippen LogP contribution in [0.4, 0.5) is 0 Å². The van der Waals surface area contributed by atoms with Crippen LogP contribution in [0.15, 0.2) is 0 Å². The van der Waals surface area contributed by atoms with Crippen molar-refractivity contribution in [3.63, 3.8) is 0 Å². The second-order valence-corrected chi connectivity index (χ2v) is 6.13. The molecule has 1 heterocycles. The van der Waals surface area contributed by atoms with Crippen molar-refractivity contribution in [2.24, 2.45) is 5.41 Å². The van der Waals surface area contributed by atoms with E-state index < -0.39 is 0 Å². The van der Waals surface area contributed by atoms with Gasteiger partial charge in [0.2, 0.25) is 0 Å². The predicted molar refractivity (Wildman–Crippen MR) is 71.3 cm³/mol. The van der Waals surface area contributed by atoms with Gasteiger partial charge < -0.3 is 15.0 Å². The molecular weight excluding hydrogens is 212 g/mol. The van der Waals surface area contributed by atoms with Crippen LogP contribution in [-0.2, 0) is 4.74 Å². The summed E-state index contributed by atoms with van der Waals surface area (Å²) in [4.78, 5) is 2.50.